The van der Waals surface area contributed by atoms with Crippen molar-refractivity contribution in [3.63, 3.8) is 0 Å². The van der Waals surface area contributed by atoms with Crippen LogP contribution in [0, 0.1) is 22.9 Å². The number of rotatable bonds is 2. The van der Waals surface area contributed by atoms with E-state index in [4.69, 9.17) is 23.7 Å². The van der Waals surface area contributed by atoms with Crippen molar-refractivity contribution >= 4 is 16.1 Å². The van der Waals surface area contributed by atoms with Gasteiger partial charge >= 0.3 is 0 Å². The molecular weight excluding hydrogens is 521 g/mol. The summed E-state index contributed by atoms with van der Waals surface area (Å²) in [5.41, 5.74) is 11.3. The molecule has 0 radical (unpaired) electrons. The Kier molecular flexibility index (Phi) is 12.2. The predicted molar refractivity (Wildman–Crippen MR) is 165 cm³/mol. The van der Waals surface area contributed by atoms with Gasteiger partial charge < -0.3 is 23.7 Å². The third-order valence-corrected chi connectivity index (χ3v) is 7.53. The Morgan fingerprint density at radius 2 is 0.897 bits per heavy atom. The van der Waals surface area contributed by atoms with E-state index >= 15 is 0 Å². The molecule has 1 aliphatic rings. The summed E-state index contributed by atoms with van der Waals surface area (Å²) in [5, 5.41) is 0. The van der Waals surface area contributed by atoms with Crippen molar-refractivity contribution in [1.82, 2.24) is 0 Å². The van der Waals surface area contributed by atoms with Crippen LogP contribution < -0.4 is 9.47 Å². The SMILES string of the molecule is C[Si](C)(C)C#CCc1cccc2c1-c1c(CC#C[Si](C)(C)C)cccc1OCCOCCOCCOCCO2. The molecule has 39 heavy (non-hydrogen) atoms. The Balaban J connectivity index is 2.12. The molecule has 210 valence electrons. The number of fused-ring (bicyclic) bond motifs is 3. The van der Waals surface area contributed by atoms with Gasteiger partial charge in [-0.3, -0.25) is 0 Å². The Morgan fingerprint density at radius 3 is 1.26 bits per heavy atom. The third-order valence-electron chi connectivity index (χ3n) is 5.67. The maximum atomic E-state index is 6.36. The molecule has 1 aliphatic heterocycles. The molecule has 0 saturated heterocycles. The van der Waals surface area contributed by atoms with Crippen molar-refractivity contribution in [3.05, 3.63) is 47.5 Å². The molecule has 0 saturated carbocycles. The minimum atomic E-state index is -1.51. The Labute approximate surface area is 237 Å². The van der Waals surface area contributed by atoms with E-state index in [0.29, 0.717) is 65.7 Å². The zero-order valence-corrected chi connectivity index (χ0v) is 26.6. The molecule has 0 aliphatic carbocycles. The number of benzene rings is 2. The van der Waals surface area contributed by atoms with E-state index in [1.165, 1.54) is 0 Å². The van der Waals surface area contributed by atoms with Crippen molar-refractivity contribution < 1.29 is 23.7 Å². The van der Waals surface area contributed by atoms with Crippen LogP contribution in [-0.4, -0.2) is 69.0 Å². The molecule has 2 aromatic carbocycles. The third kappa shape index (κ3) is 11.2. The lowest BCUT2D eigenvalue weighted by atomic mass is 9.91. The second-order valence-corrected chi connectivity index (χ2v) is 21.1. The molecule has 0 aromatic heterocycles. The van der Waals surface area contributed by atoms with Gasteiger partial charge in [0.15, 0.2) is 0 Å². The van der Waals surface area contributed by atoms with Gasteiger partial charge in [-0.15, -0.1) is 22.9 Å². The summed E-state index contributed by atoms with van der Waals surface area (Å²) in [6.07, 6.45) is 1.28. The molecule has 5 nitrogen and oxygen atoms in total. The first-order valence-corrected chi connectivity index (χ1v) is 20.9. The maximum Gasteiger partial charge on any atom is 0.129 e. The highest BCUT2D eigenvalue weighted by molar-refractivity contribution is 6.84. The summed E-state index contributed by atoms with van der Waals surface area (Å²) in [7, 11) is -3.01. The molecule has 0 atom stereocenters. The van der Waals surface area contributed by atoms with E-state index in [1.807, 2.05) is 24.3 Å². The standard InChI is InChI=1S/C32H44O5Si2/c1-38(2,3)25-9-13-27-11-7-15-29-31(27)32-28(14-10-26-39(4,5)6)12-8-16-30(32)37-24-22-35-20-18-33-17-19-34-21-23-36-29/h7-8,11-12,15-16H,13-14,17-24H2,1-6H3. The summed E-state index contributed by atoms with van der Waals surface area (Å²) in [5.74, 6) is 8.54. The van der Waals surface area contributed by atoms with Gasteiger partial charge in [-0.05, 0) is 23.3 Å². The van der Waals surface area contributed by atoms with Crippen molar-refractivity contribution in [2.24, 2.45) is 0 Å². The van der Waals surface area contributed by atoms with Crippen LogP contribution in [0.5, 0.6) is 11.5 Å². The molecule has 0 bridgehead atoms. The number of ether oxygens (including phenoxy) is 5. The lowest BCUT2D eigenvalue weighted by molar-refractivity contribution is 0.00519. The van der Waals surface area contributed by atoms with Crippen LogP contribution >= 0.6 is 0 Å². The van der Waals surface area contributed by atoms with Crippen molar-refractivity contribution in [2.75, 3.05) is 52.9 Å². The Morgan fingerprint density at radius 1 is 0.538 bits per heavy atom. The fourth-order valence-corrected chi connectivity index (χ4v) is 5.27. The molecule has 3 rings (SSSR count). The van der Waals surface area contributed by atoms with Gasteiger partial charge in [-0.1, -0.05) is 63.5 Å². The van der Waals surface area contributed by atoms with Crippen LogP contribution in [0.2, 0.25) is 39.3 Å². The van der Waals surface area contributed by atoms with Crippen LogP contribution in [0.3, 0.4) is 0 Å². The van der Waals surface area contributed by atoms with Gasteiger partial charge in [-0.2, -0.15) is 0 Å². The van der Waals surface area contributed by atoms with E-state index in [2.05, 4.69) is 74.3 Å². The van der Waals surface area contributed by atoms with Gasteiger partial charge in [-0.25, -0.2) is 0 Å². The smallest absolute Gasteiger partial charge is 0.129 e. The monoisotopic (exact) mass is 564 g/mol. The van der Waals surface area contributed by atoms with E-state index in [-0.39, 0.29) is 0 Å². The quantitative estimate of drug-likeness (QED) is 0.330. The topological polar surface area (TPSA) is 46.2 Å². The largest absolute Gasteiger partial charge is 0.491 e. The second-order valence-electron chi connectivity index (χ2n) is 11.6. The summed E-state index contributed by atoms with van der Waals surface area (Å²) in [6, 6.07) is 12.4. The average molecular weight is 565 g/mol. The molecular formula is C32H44O5Si2. The van der Waals surface area contributed by atoms with Crippen molar-refractivity contribution in [2.45, 2.75) is 52.1 Å². The van der Waals surface area contributed by atoms with Gasteiger partial charge in [0.25, 0.3) is 0 Å². The van der Waals surface area contributed by atoms with E-state index in [1.54, 1.807) is 0 Å². The fourth-order valence-electron chi connectivity index (χ4n) is 4.03. The molecule has 7 heteroatoms. The first kappa shape index (κ1) is 31.0. The molecule has 0 fully saturated rings. The van der Waals surface area contributed by atoms with E-state index in [0.717, 1.165) is 33.8 Å². The molecule has 0 N–H and O–H groups in total. The van der Waals surface area contributed by atoms with Gasteiger partial charge in [0.2, 0.25) is 0 Å². The summed E-state index contributed by atoms with van der Waals surface area (Å²) in [4.78, 5) is 0. The van der Waals surface area contributed by atoms with Crippen LogP contribution in [0.4, 0.5) is 0 Å². The highest BCUT2D eigenvalue weighted by Gasteiger charge is 2.20. The van der Waals surface area contributed by atoms with Crippen LogP contribution in [0.1, 0.15) is 11.1 Å². The minimum absolute atomic E-state index is 0.438. The lowest BCUT2D eigenvalue weighted by Crippen LogP contribution is -2.16. The zero-order valence-electron chi connectivity index (χ0n) is 24.6. The predicted octanol–water partition coefficient (Wildman–Crippen LogP) is 6.02. The summed E-state index contributed by atoms with van der Waals surface area (Å²) in [6.45, 7) is 17.5. The maximum absolute atomic E-state index is 6.36. The molecule has 1 heterocycles. The summed E-state index contributed by atoms with van der Waals surface area (Å²) >= 11 is 0. The zero-order chi connectivity index (χ0) is 28.1. The number of hydrogen-bond donors (Lipinski definition) is 0. The average Bonchev–Trinajstić information content (AvgIpc) is 2.86. The molecule has 0 unspecified atom stereocenters. The van der Waals surface area contributed by atoms with Crippen molar-refractivity contribution in [3.8, 4) is 45.6 Å². The van der Waals surface area contributed by atoms with Gasteiger partial charge in [0, 0.05) is 24.0 Å². The van der Waals surface area contributed by atoms with Crippen LogP contribution in [0.15, 0.2) is 36.4 Å². The Hall–Kier alpha value is -2.53. The van der Waals surface area contributed by atoms with E-state index < -0.39 is 16.1 Å². The minimum Gasteiger partial charge on any atom is -0.491 e. The van der Waals surface area contributed by atoms with Crippen LogP contribution in [0.25, 0.3) is 11.1 Å². The first-order chi connectivity index (χ1) is 18.6. The van der Waals surface area contributed by atoms with E-state index in [9.17, 15) is 0 Å². The number of hydrogen-bond acceptors (Lipinski definition) is 5. The molecule has 0 amide bonds. The lowest BCUT2D eigenvalue weighted by Gasteiger charge is -2.21. The second kappa shape index (κ2) is 15.3. The molecule has 0 spiro atoms. The van der Waals surface area contributed by atoms with Gasteiger partial charge in [0.05, 0.1) is 39.6 Å². The first-order valence-electron chi connectivity index (χ1n) is 13.9. The highest BCUT2D eigenvalue weighted by atomic mass is 28.3. The molecule has 2 aromatic rings. The van der Waals surface area contributed by atoms with Crippen LogP contribution in [-0.2, 0) is 27.1 Å². The normalized spacial score (nSPS) is 15.5. The highest BCUT2D eigenvalue weighted by Crippen LogP contribution is 2.42. The van der Waals surface area contributed by atoms with Gasteiger partial charge in [0.1, 0.15) is 40.9 Å². The van der Waals surface area contributed by atoms with Crippen molar-refractivity contribution in [1.29, 1.82) is 0 Å². The fraction of sp³-hybridized carbons (Fsp3) is 0.500. The summed E-state index contributed by atoms with van der Waals surface area (Å²) < 4.78 is 29.8. The Bertz CT molecular complexity index is 1100.